The number of nitriles is 1. The number of benzene rings is 3. The molecule has 3 aromatic carbocycles. The second-order valence-electron chi connectivity index (χ2n) is 6.02. The van der Waals surface area contributed by atoms with Crippen molar-refractivity contribution < 1.29 is 14.3 Å². The third kappa shape index (κ3) is 3.81. The van der Waals surface area contributed by atoms with Crippen LogP contribution in [0.5, 0.6) is 11.5 Å². The molecule has 0 bridgehead atoms. The Balaban J connectivity index is 2.10. The van der Waals surface area contributed by atoms with Crippen LogP contribution in [-0.2, 0) is 0 Å². The van der Waals surface area contributed by atoms with E-state index in [4.69, 9.17) is 9.47 Å². The predicted molar refractivity (Wildman–Crippen MR) is 108 cm³/mol. The van der Waals surface area contributed by atoms with E-state index in [9.17, 15) is 10.1 Å². The molecule has 0 aliphatic heterocycles. The standard InChI is InChI=1S/C23H20N2O3/c1-27-21-14-13-18(15-22(21)28-2)23(26)25(19-11-7-4-8-12-19)20(16-24)17-9-5-3-6-10-17/h3-15,20H,1-2H3. The lowest BCUT2D eigenvalue weighted by Crippen LogP contribution is -2.34. The van der Waals surface area contributed by atoms with E-state index < -0.39 is 6.04 Å². The van der Waals surface area contributed by atoms with Gasteiger partial charge in [-0.05, 0) is 35.9 Å². The van der Waals surface area contributed by atoms with Crippen LogP contribution in [0.4, 0.5) is 5.69 Å². The maximum atomic E-state index is 13.5. The predicted octanol–water partition coefficient (Wildman–Crippen LogP) is 4.62. The molecule has 0 aromatic heterocycles. The van der Waals surface area contributed by atoms with Crippen LogP contribution in [0, 0.1) is 11.3 Å². The molecule has 5 nitrogen and oxygen atoms in total. The van der Waals surface area contributed by atoms with Gasteiger partial charge in [-0.2, -0.15) is 5.26 Å². The van der Waals surface area contributed by atoms with Gasteiger partial charge in [0.25, 0.3) is 5.91 Å². The number of para-hydroxylation sites is 1. The molecule has 0 saturated heterocycles. The maximum Gasteiger partial charge on any atom is 0.259 e. The Labute approximate surface area is 164 Å². The van der Waals surface area contributed by atoms with E-state index in [0.29, 0.717) is 22.7 Å². The van der Waals surface area contributed by atoms with E-state index in [1.807, 2.05) is 60.7 Å². The largest absolute Gasteiger partial charge is 0.493 e. The maximum absolute atomic E-state index is 13.5. The first-order valence-corrected chi connectivity index (χ1v) is 8.74. The number of carbonyl (C=O) groups is 1. The quantitative estimate of drug-likeness (QED) is 0.634. The summed E-state index contributed by atoms with van der Waals surface area (Å²) in [5.41, 5.74) is 1.78. The highest BCUT2D eigenvalue weighted by Crippen LogP contribution is 2.32. The number of hydrogen-bond donors (Lipinski definition) is 0. The van der Waals surface area contributed by atoms with Gasteiger partial charge in [0.2, 0.25) is 0 Å². The SMILES string of the molecule is COc1ccc(C(=O)N(c2ccccc2)C(C#N)c2ccccc2)cc1OC. The first-order valence-electron chi connectivity index (χ1n) is 8.74. The number of anilines is 1. The van der Waals surface area contributed by atoms with Crippen LogP contribution in [0.1, 0.15) is 22.0 Å². The molecule has 0 saturated carbocycles. The summed E-state index contributed by atoms with van der Waals surface area (Å²) < 4.78 is 10.6. The summed E-state index contributed by atoms with van der Waals surface area (Å²) in [6.45, 7) is 0. The second-order valence-corrected chi connectivity index (χ2v) is 6.02. The monoisotopic (exact) mass is 372 g/mol. The molecule has 140 valence electrons. The van der Waals surface area contributed by atoms with Crippen molar-refractivity contribution in [1.29, 1.82) is 5.26 Å². The Morgan fingerprint density at radius 2 is 1.50 bits per heavy atom. The summed E-state index contributed by atoms with van der Waals surface area (Å²) >= 11 is 0. The molecule has 0 aliphatic carbocycles. The summed E-state index contributed by atoms with van der Waals surface area (Å²) in [4.78, 5) is 15.0. The van der Waals surface area contributed by atoms with E-state index in [1.54, 1.807) is 18.2 Å². The summed E-state index contributed by atoms with van der Waals surface area (Å²) in [6.07, 6.45) is 0. The summed E-state index contributed by atoms with van der Waals surface area (Å²) in [6, 6.07) is 24.9. The number of ether oxygens (including phenoxy) is 2. The third-order valence-electron chi connectivity index (χ3n) is 4.38. The number of nitrogens with zero attached hydrogens (tertiary/aromatic N) is 2. The Bertz CT molecular complexity index is 982. The summed E-state index contributed by atoms with van der Waals surface area (Å²) in [7, 11) is 3.06. The van der Waals surface area contributed by atoms with Crippen LogP contribution in [0.25, 0.3) is 0 Å². The van der Waals surface area contributed by atoms with Crippen molar-refractivity contribution in [2.75, 3.05) is 19.1 Å². The first-order chi connectivity index (χ1) is 13.7. The smallest absolute Gasteiger partial charge is 0.259 e. The fraction of sp³-hybridized carbons (Fsp3) is 0.130. The molecule has 1 amide bonds. The number of methoxy groups -OCH3 is 2. The van der Waals surface area contributed by atoms with Gasteiger partial charge in [-0.1, -0.05) is 48.5 Å². The van der Waals surface area contributed by atoms with E-state index in [1.165, 1.54) is 19.1 Å². The first kappa shape index (κ1) is 19.0. The third-order valence-corrected chi connectivity index (χ3v) is 4.38. The van der Waals surface area contributed by atoms with Crippen molar-refractivity contribution in [1.82, 2.24) is 0 Å². The molecule has 0 aliphatic rings. The summed E-state index contributed by atoms with van der Waals surface area (Å²) in [5, 5.41) is 9.90. The highest BCUT2D eigenvalue weighted by molar-refractivity contribution is 6.07. The molecule has 3 aromatic rings. The highest BCUT2D eigenvalue weighted by Gasteiger charge is 2.28. The van der Waals surface area contributed by atoms with Gasteiger partial charge in [-0.15, -0.1) is 0 Å². The lowest BCUT2D eigenvalue weighted by atomic mass is 10.0. The van der Waals surface area contributed by atoms with Crippen molar-refractivity contribution in [3.8, 4) is 17.6 Å². The number of amides is 1. The molecule has 0 heterocycles. The zero-order chi connectivity index (χ0) is 19.9. The lowest BCUT2D eigenvalue weighted by molar-refractivity contribution is 0.0981. The van der Waals surface area contributed by atoms with E-state index in [2.05, 4.69) is 6.07 Å². The van der Waals surface area contributed by atoms with Crippen molar-refractivity contribution >= 4 is 11.6 Å². The zero-order valence-corrected chi connectivity index (χ0v) is 15.7. The Morgan fingerprint density at radius 1 is 0.893 bits per heavy atom. The zero-order valence-electron chi connectivity index (χ0n) is 15.7. The van der Waals surface area contributed by atoms with Gasteiger partial charge in [0, 0.05) is 11.3 Å². The Hall–Kier alpha value is -3.78. The average molecular weight is 372 g/mol. The van der Waals surface area contributed by atoms with Gasteiger partial charge < -0.3 is 9.47 Å². The number of rotatable bonds is 6. The van der Waals surface area contributed by atoms with Crippen molar-refractivity contribution in [3.05, 3.63) is 90.0 Å². The van der Waals surface area contributed by atoms with Crippen LogP contribution in [-0.4, -0.2) is 20.1 Å². The number of hydrogen-bond acceptors (Lipinski definition) is 4. The molecule has 28 heavy (non-hydrogen) atoms. The highest BCUT2D eigenvalue weighted by atomic mass is 16.5. The Morgan fingerprint density at radius 3 is 2.07 bits per heavy atom. The molecule has 5 heteroatoms. The minimum absolute atomic E-state index is 0.303. The van der Waals surface area contributed by atoms with Gasteiger partial charge in [0.05, 0.1) is 20.3 Å². The van der Waals surface area contributed by atoms with Crippen molar-refractivity contribution in [2.24, 2.45) is 0 Å². The molecule has 0 fully saturated rings. The van der Waals surface area contributed by atoms with Crippen LogP contribution < -0.4 is 14.4 Å². The molecular weight excluding hydrogens is 352 g/mol. The second kappa shape index (κ2) is 8.74. The average Bonchev–Trinajstić information content (AvgIpc) is 2.77. The fourth-order valence-corrected chi connectivity index (χ4v) is 3.00. The molecule has 0 radical (unpaired) electrons. The molecular formula is C23H20N2O3. The van der Waals surface area contributed by atoms with E-state index in [-0.39, 0.29) is 5.91 Å². The van der Waals surface area contributed by atoms with Gasteiger partial charge in [-0.25, -0.2) is 0 Å². The normalized spacial score (nSPS) is 11.2. The minimum atomic E-state index is -0.774. The molecule has 1 atom stereocenters. The van der Waals surface area contributed by atoms with Gasteiger partial charge in [-0.3, -0.25) is 9.69 Å². The molecule has 1 unspecified atom stereocenters. The number of carbonyl (C=O) groups excluding carboxylic acids is 1. The van der Waals surface area contributed by atoms with Crippen molar-refractivity contribution in [2.45, 2.75) is 6.04 Å². The molecule has 0 N–H and O–H groups in total. The van der Waals surface area contributed by atoms with Crippen molar-refractivity contribution in [3.63, 3.8) is 0 Å². The lowest BCUT2D eigenvalue weighted by Gasteiger charge is -2.28. The molecule has 0 spiro atoms. The van der Waals surface area contributed by atoms with E-state index in [0.717, 1.165) is 5.56 Å². The van der Waals surface area contributed by atoms with Gasteiger partial charge in [0.1, 0.15) is 6.04 Å². The van der Waals surface area contributed by atoms with Crippen LogP contribution in [0.15, 0.2) is 78.9 Å². The van der Waals surface area contributed by atoms with Gasteiger partial charge >= 0.3 is 0 Å². The van der Waals surface area contributed by atoms with Gasteiger partial charge in [0.15, 0.2) is 11.5 Å². The summed E-state index contributed by atoms with van der Waals surface area (Å²) in [5.74, 6) is 0.683. The minimum Gasteiger partial charge on any atom is -0.493 e. The van der Waals surface area contributed by atoms with E-state index >= 15 is 0 Å². The topological polar surface area (TPSA) is 62.6 Å². The van der Waals surface area contributed by atoms with Crippen LogP contribution >= 0.6 is 0 Å². The molecule has 3 rings (SSSR count). The fourth-order valence-electron chi connectivity index (χ4n) is 3.00. The van der Waals surface area contributed by atoms with Crippen LogP contribution in [0.3, 0.4) is 0 Å². The Kier molecular flexibility index (Phi) is 5.93. The van der Waals surface area contributed by atoms with Crippen LogP contribution in [0.2, 0.25) is 0 Å².